The van der Waals surface area contributed by atoms with Gasteiger partial charge in [-0.2, -0.15) is 0 Å². The van der Waals surface area contributed by atoms with Gasteiger partial charge < -0.3 is 9.32 Å². The van der Waals surface area contributed by atoms with Gasteiger partial charge in [0, 0.05) is 37.0 Å². The molecular weight excluding hydrogens is 517 g/mol. The topological polar surface area (TPSA) is 16.4 Å². The third-order valence-electron chi connectivity index (χ3n) is 5.92. The van der Waals surface area contributed by atoms with E-state index in [1.807, 2.05) is 18.2 Å². The average Bonchev–Trinajstić information content (AvgIpc) is 3.25. The summed E-state index contributed by atoms with van der Waals surface area (Å²) in [4.78, 5) is 2.29. The summed E-state index contributed by atoms with van der Waals surface area (Å²) in [6.07, 6.45) is 0. The number of halogens is 1. The lowest BCUT2D eigenvalue weighted by Gasteiger charge is -2.26. The lowest BCUT2D eigenvalue weighted by Crippen LogP contribution is -2.09. The van der Waals surface area contributed by atoms with Gasteiger partial charge in [0.2, 0.25) is 0 Å². The molecule has 0 unspecified atom stereocenters. The summed E-state index contributed by atoms with van der Waals surface area (Å²) in [5, 5.41) is 2.29. The highest BCUT2D eigenvalue weighted by Gasteiger charge is 2.15. The molecule has 6 rings (SSSR count). The minimum atomic E-state index is 0.918. The molecule has 0 amide bonds. The first-order valence-electron chi connectivity index (χ1n) is 10.9. The van der Waals surface area contributed by atoms with E-state index in [1.54, 1.807) is 0 Å². The van der Waals surface area contributed by atoms with Crippen molar-refractivity contribution in [3.05, 3.63) is 125 Å². The van der Waals surface area contributed by atoms with E-state index >= 15 is 0 Å². The van der Waals surface area contributed by atoms with Gasteiger partial charge in [-0.25, -0.2) is 0 Å². The summed E-state index contributed by atoms with van der Waals surface area (Å²) in [5.41, 5.74) is 7.42. The molecule has 6 aromatic rings. The van der Waals surface area contributed by atoms with Crippen molar-refractivity contribution in [3.8, 4) is 11.1 Å². The number of rotatable bonds is 4. The van der Waals surface area contributed by atoms with Crippen LogP contribution in [0.5, 0.6) is 0 Å². The number of para-hydroxylation sites is 3. The van der Waals surface area contributed by atoms with Crippen LogP contribution in [0.15, 0.2) is 126 Å². The van der Waals surface area contributed by atoms with E-state index in [9.17, 15) is 0 Å². The van der Waals surface area contributed by atoms with Crippen LogP contribution in [0.3, 0.4) is 0 Å². The fourth-order valence-corrected chi connectivity index (χ4v) is 4.76. The summed E-state index contributed by atoms with van der Waals surface area (Å²) < 4.78 is 7.52. The summed E-state index contributed by atoms with van der Waals surface area (Å²) in [7, 11) is 0. The number of anilines is 3. The zero-order valence-electron chi connectivity index (χ0n) is 17.8. The van der Waals surface area contributed by atoms with Crippen LogP contribution in [0.25, 0.3) is 33.1 Å². The van der Waals surface area contributed by atoms with Crippen LogP contribution in [0.4, 0.5) is 17.1 Å². The van der Waals surface area contributed by atoms with E-state index in [0.717, 1.165) is 50.1 Å². The largest absolute Gasteiger partial charge is 0.455 e. The molecule has 2 nitrogen and oxygen atoms in total. The molecule has 0 fully saturated rings. The second-order valence-electron chi connectivity index (χ2n) is 7.98. The van der Waals surface area contributed by atoms with E-state index in [0.29, 0.717) is 0 Å². The van der Waals surface area contributed by atoms with Crippen LogP contribution in [-0.2, 0) is 0 Å². The zero-order chi connectivity index (χ0) is 22.2. The van der Waals surface area contributed by atoms with Gasteiger partial charge in [0.05, 0.1) is 0 Å². The van der Waals surface area contributed by atoms with Crippen LogP contribution < -0.4 is 4.90 Å². The maximum Gasteiger partial charge on any atom is 0.143 e. The number of nitrogens with zero attached hydrogens (tertiary/aromatic N) is 1. The van der Waals surface area contributed by atoms with Crippen LogP contribution in [0, 0.1) is 3.57 Å². The molecule has 33 heavy (non-hydrogen) atoms. The number of benzene rings is 5. The second kappa shape index (κ2) is 8.41. The van der Waals surface area contributed by atoms with Gasteiger partial charge in [-0.1, -0.05) is 66.7 Å². The van der Waals surface area contributed by atoms with Gasteiger partial charge in [0.25, 0.3) is 0 Å². The van der Waals surface area contributed by atoms with Crippen LogP contribution in [0.1, 0.15) is 0 Å². The standard InChI is InChI=1S/C30H20INO/c31-22-16-18-24(19-17-22)32(23-9-2-1-3-10-23)25-11-6-8-21(20-25)26-13-7-14-28-27-12-4-5-15-29(27)33-30(26)28/h1-20H. The third kappa shape index (κ3) is 3.68. The molecule has 1 aromatic heterocycles. The Morgan fingerprint density at radius 3 is 2.06 bits per heavy atom. The van der Waals surface area contributed by atoms with Crippen molar-refractivity contribution in [1.29, 1.82) is 0 Å². The fraction of sp³-hybridized carbons (Fsp3) is 0. The van der Waals surface area contributed by atoms with Gasteiger partial charge in [-0.3, -0.25) is 0 Å². The number of furan rings is 1. The number of hydrogen-bond acceptors (Lipinski definition) is 2. The fourth-order valence-electron chi connectivity index (χ4n) is 4.40. The van der Waals surface area contributed by atoms with Gasteiger partial charge in [-0.05, 0) is 82.8 Å². The number of hydrogen-bond donors (Lipinski definition) is 0. The van der Waals surface area contributed by atoms with Gasteiger partial charge in [-0.15, -0.1) is 0 Å². The Kier molecular flexibility index (Phi) is 5.11. The highest BCUT2D eigenvalue weighted by Crippen LogP contribution is 2.39. The first kappa shape index (κ1) is 20.1. The average molecular weight is 537 g/mol. The van der Waals surface area contributed by atoms with E-state index in [-0.39, 0.29) is 0 Å². The summed E-state index contributed by atoms with van der Waals surface area (Å²) in [5.74, 6) is 0. The first-order chi connectivity index (χ1) is 16.3. The van der Waals surface area contributed by atoms with Crippen molar-refractivity contribution in [2.24, 2.45) is 0 Å². The van der Waals surface area contributed by atoms with E-state index in [1.165, 1.54) is 3.57 Å². The Hall–Kier alpha value is -3.57. The monoisotopic (exact) mass is 537 g/mol. The van der Waals surface area contributed by atoms with Crippen LogP contribution in [-0.4, -0.2) is 0 Å². The van der Waals surface area contributed by atoms with Gasteiger partial charge in [0.15, 0.2) is 0 Å². The first-order valence-corrected chi connectivity index (χ1v) is 12.0. The Bertz CT molecular complexity index is 1570. The summed E-state index contributed by atoms with van der Waals surface area (Å²) >= 11 is 2.35. The maximum absolute atomic E-state index is 6.31. The minimum Gasteiger partial charge on any atom is -0.455 e. The molecule has 0 radical (unpaired) electrons. The maximum atomic E-state index is 6.31. The molecule has 0 saturated carbocycles. The third-order valence-corrected chi connectivity index (χ3v) is 6.64. The van der Waals surface area contributed by atoms with Crippen molar-refractivity contribution in [3.63, 3.8) is 0 Å². The molecule has 1 heterocycles. The molecule has 158 valence electrons. The summed E-state index contributed by atoms with van der Waals surface area (Å²) in [6.45, 7) is 0. The Morgan fingerprint density at radius 1 is 0.545 bits per heavy atom. The molecule has 0 aliphatic carbocycles. The molecule has 0 aliphatic rings. The van der Waals surface area contributed by atoms with Gasteiger partial charge in [0.1, 0.15) is 11.2 Å². The lowest BCUT2D eigenvalue weighted by atomic mass is 10.0. The van der Waals surface area contributed by atoms with E-state index < -0.39 is 0 Å². The second-order valence-corrected chi connectivity index (χ2v) is 9.22. The van der Waals surface area contributed by atoms with Crippen molar-refractivity contribution < 1.29 is 4.42 Å². The minimum absolute atomic E-state index is 0.918. The molecule has 0 saturated heterocycles. The molecule has 0 aliphatic heterocycles. The van der Waals surface area contributed by atoms with Crippen molar-refractivity contribution in [2.45, 2.75) is 0 Å². The molecule has 0 atom stereocenters. The van der Waals surface area contributed by atoms with Crippen LogP contribution >= 0.6 is 22.6 Å². The zero-order valence-corrected chi connectivity index (χ0v) is 19.9. The van der Waals surface area contributed by atoms with Crippen LogP contribution in [0.2, 0.25) is 0 Å². The summed E-state index contributed by atoms with van der Waals surface area (Å²) in [6, 6.07) is 42.4. The smallest absolute Gasteiger partial charge is 0.143 e. The quantitative estimate of drug-likeness (QED) is 0.208. The Labute approximate surface area is 206 Å². The molecule has 0 N–H and O–H groups in total. The predicted molar refractivity (Wildman–Crippen MR) is 147 cm³/mol. The molecule has 0 bridgehead atoms. The Balaban J connectivity index is 1.53. The predicted octanol–water partition coefficient (Wildman–Crippen LogP) is 9.33. The lowest BCUT2D eigenvalue weighted by molar-refractivity contribution is 0.670. The Morgan fingerprint density at radius 2 is 1.21 bits per heavy atom. The number of fused-ring (bicyclic) bond motifs is 3. The van der Waals surface area contributed by atoms with Gasteiger partial charge >= 0.3 is 0 Å². The molecule has 0 spiro atoms. The van der Waals surface area contributed by atoms with Crippen molar-refractivity contribution in [2.75, 3.05) is 4.90 Å². The normalized spacial score (nSPS) is 11.2. The van der Waals surface area contributed by atoms with Crippen molar-refractivity contribution in [1.82, 2.24) is 0 Å². The van der Waals surface area contributed by atoms with Crippen molar-refractivity contribution >= 4 is 61.6 Å². The molecular formula is C30H20INO. The molecule has 5 aromatic carbocycles. The SMILES string of the molecule is Ic1ccc(N(c2ccccc2)c2cccc(-c3cccc4c3oc3ccccc34)c2)cc1. The van der Waals surface area contributed by atoms with E-state index in [2.05, 4.69) is 131 Å². The highest BCUT2D eigenvalue weighted by atomic mass is 127. The highest BCUT2D eigenvalue weighted by molar-refractivity contribution is 14.1. The molecule has 3 heteroatoms. The van der Waals surface area contributed by atoms with E-state index in [4.69, 9.17) is 4.42 Å².